The third-order valence-corrected chi connectivity index (χ3v) is 5.13. The summed E-state index contributed by atoms with van der Waals surface area (Å²) >= 11 is 12.1. The molecule has 0 saturated heterocycles. The van der Waals surface area contributed by atoms with Crippen LogP contribution in [-0.4, -0.2) is 34.1 Å². The molecule has 0 fully saturated rings. The maximum absolute atomic E-state index is 11.7. The second-order valence-corrected chi connectivity index (χ2v) is 7.20. The Morgan fingerprint density at radius 2 is 2.12 bits per heavy atom. The SMILES string of the molecule is O=S(=O)(NCCCOCCCl)c1ccc(Cl)s1. The highest BCUT2D eigenvalue weighted by Gasteiger charge is 2.15. The Labute approximate surface area is 115 Å². The summed E-state index contributed by atoms with van der Waals surface area (Å²) in [5.74, 6) is 0.444. The van der Waals surface area contributed by atoms with Crippen molar-refractivity contribution in [1.82, 2.24) is 4.72 Å². The zero-order valence-electron chi connectivity index (χ0n) is 8.99. The van der Waals surface area contributed by atoms with Gasteiger partial charge in [-0.3, -0.25) is 0 Å². The Balaban J connectivity index is 2.31. The number of hydrogen-bond acceptors (Lipinski definition) is 4. The third-order valence-electron chi connectivity index (χ3n) is 1.79. The minimum absolute atomic E-state index is 0.226. The van der Waals surface area contributed by atoms with E-state index in [9.17, 15) is 8.42 Å². The lowest BCUT2D eigenvalue weighted by Crippen LogP contribution is -2.24. The molecule has 0 aromatic carbocycles. The first-order chi connectivity index (χ1) is 8.06. The Bertz CT molecular complexity index is 433. The molecule has 1 N–H and O–H groups in total. The molecule has 0 aliphatic heterocycles. The highest BCUT2D eigenvalue weighted by molar-refractivity contribution is 7.91. The molecule has 0 saturated carbocycles. The summed E-state index contributed by atoms with van der Waals surface area (Å²) < 4.78 is 31.7. The number of ether oxygens (including phenoxy) is 1. The van der Waals surface area contributed by atoms with Gasteiger partial charge in [0.2, 0.25) is 10.0 Å². The van der Waals surface area contributed by atoms with Gasteiger partial charge in [-0.1, -0.05) is 11.6 Å². The zero-order valence-corrected chi connectivity index (χ0v) is 12.1. The van der Waals surface area contributed by atoms with Gasteiger partial charge in [-0.15, -0.1) is 22.9 Å². The van der Waals surface area contributed by atoms with Gasteiger partial charge in [-0.2, -0.15) is 0 Å². The molecule has 0 unspecified atom stereocenters. The molecule has 4 nitrogen and oxygen atoms in total. The van der Waals surface area contributed by atoms with Crippen LogP contribution in [0.4, 0.5) is 0 Å². The number of nitrogens with one attached hydrogen (secondary N) is 1. The molecule has 0 atom stereocenters. The van der Waals surface area contributed by atoms with E-state index in [1.54, 1.807) is 6.07 Å². The maximum atomic E-state index is 11.7. The second kappa shape index (κ2) is 7.56. The number of hydrogen-bond donors (Lipinski definition) is 1. The van der Waals surface area contributed by atoms with Gasteiger partial charge in [0.05, 0.1) is 10.9 Å². The van der Waals surface area contributed by atoms with Gasteiger partial charge >= 0.3 is 0 Å². The highest BCUT2D eigenvalue weighted by Crippen LogP contribution is 2.25. The molecule has 1 rings (SSSR count). The molecular weight excluding hydrogens is 305 g/mol. The van der Waals surface area contributed by atoms with Crippen LogP contribution in [0.3, 0.4) is 0 Å². The molecule has 0 aliphatic carbocycles. The van der Waals surface area contributed by atoms with E-state index in [1.165, 1.54) is 6.07 Å². The molecule has 17 heavy (non-hydrogen) atoms. The van der Waals surface area contributed by atoms with Crippen molar-refractivity contribution in [3.05, 3.63) is 16.5 Å². The van der Waals surface area contributed by atoms with E-state index in [1.807, 2.05) is 0 Å². The van der Waals surface area contributed by atoms with Crippen LogP contribution in [0, 0.1) is 0 Å². The summed E-state index contributed by atoms with van der Waals surface area (Å²) in [6, 6.07) is 3.05. The van der Waals surface area contributed by atoms with Gasteiger partial charge in [0, 0.05) is 19.0 Å². The molecule has 0 aliphatic rings. The summed E-state index contributed by atoms with van der Waals surface area (Å²) in [5.41, 5.74) is 0. The normalized spacial score (nSPS) is 11.9. The van der Waals surface area contributed by atoms with E-state index < -0.39 is 10.0 Å². The van der Waals surface area contributed by atoms with E-state index in [-0.39, 0.29) is 4.21 Å². The van der Waals surface area contributed by atoms with E-state index in [4.69, 9.17) is 27.9 Å². The summed E-state index contributed by atoms with van der Waals surface area (Å²) in [6.45, 7) is 1.30. The Morgan fingerprint density at radius 1 is 1.35 bits per heavy atom. The van der Waals surface area contributed by atoms with Crippen LogP contribution in [0.15, 0.2) is 16.3 Å². The minimum Gasteiger partial charge on any atom is -0.380 e. The number of halogens is 2. The van der Waals surface area contributed by atoms with Crippen LogP contribution in [0.1, 0.15) is 6.42 Å². The number of alkyl halides is 1. The van der Waals surface area contributed by atoms with Crippen molar-refractivity contribution in [1.29, 1.82) is 0 Å². The van der Waals surface area contributed by atoms with Gasteiger partial charge in [0.1, 0.15) is 4.21 Å². The lowest BCUT2D eigenvalue weighted by molar-refractivity contribution is 0.147. The van der Waals surface area contributed by atoms with Crippen molar-refractivity contribution in [2.24, 2.45) is 0 Å². The van der Waals surface area contributed by atoms with Crippen molar-refractivity contribution in [2.45, 2.75) is 10.6 Å². The van der Waals surface area contributed by atoms with E-state index >= 15 is 0 Å². The second-order valence-electron chi connectivity index (χ2n) is 3.11. The van der Waals surface area contributed by atoms with Gasteiger partial charge in [-0.25, -0.2) is 13.1 Å². The standard InChI is InChI=1S/C9H13Cl2NO3S2/c10-4-7-15-6-1-5-12-17(13,14)9-3-2-8(11)16-9/h2-3,12H,1,4-7H2. The third kappa shape index (κ3) is 5.54. The zero-order chi connectivity index (χ0) is 12.7. The number of sulfonamides is 1. The molecule has 0 radical (unpaired) electrons. The Morgan fingerprint density at radius 3 is 2.71 bits per heavy atom. The lowest BCUT2D eigenvalue weighted by atomic mass is 10.5. The van der Waals surface area contributed by atoms with Gasteiger partial charge in [0.15, 0.2) is 0 Å². The predicted octanol–water partition coefficient (Wildman–Crippen LogP) is 2.33. The van der Waals surface area contributed by atoms with Crippen LogP contribution in [0.25, 0.3) is 0 Å². The molecule has 98 valence electrons. The first-order valence-corrected chi connectivity index (χ1v) is 8.16. The largest absolute Gasteiger partial charge is 0.380 e. The van der Waals surface area contributed by atoms with Crippen LogP contribution in [0.5, 0.6) is 0 Å². The Hall–Kier alpha value is 0.150. The van der Waals surface area contributed by atoms with Crippen molar-refractivity contribution >= 4 is 44.6 Å². The maximum Gasteiger partial charge on any atom is 0.250 e. The van der Waals surface area contributed by atoms with Gasteiger partial charge in [-0.05, 0) is 18.6 Å². The lowest BCUT2D eigenvalue weighted by Gasteiger charge is -2.04. The van der Waals surface area contributed by atoms with Crippen LogP contribution in [-0.2, 0) is 14.8 Å². The summed E-state index contributed by atoms with van der Waals surface area (Å²) in [5, 5.41) is 0. The summed E-state index contributed by atoms with van der Waals surface area (Å²) in [4.78, 5) is 0. The summed E-state index contributed by atoms with van der Waals surface area (Å²) in [7, 11) is -3.43. The molecule has 0 bridgehead atoms. The van der Waals surface area contributed by atoms with Crippen molar-refractivity contribution in [3.63, 3.8) is 0 Å². The quantitative estimate of drug-likeness (QED) is 0.591. The number of rotatable bonds is 8. The topological polar surface area (TPSA) is 55.4 Å². The van der Waals surface area contributed by atoms with Crippen LogP contribution < -0.4 is 4.72 Å². The van der Waals surface area contributed by atoms with Crippen molar-refractivity contribution in [3.8, 4) is 0 Å². The monoisotopic (exact) mass is 317 g/mol. The van der Waals surface area contributed by atoms with Crippen LogP contribution >= 0.6 is 34.5 Å². The molecule has 0 spiro atoms. The van der Waals surface area contributed by atoms with E-state index in [0.29, 0.717) is 36.4 Å². The first-order valence-electron chi connectivity index (χ1n) is 4.95. The molecule has 0 amide bonds. The molecule has 1 aromatic rings. The fraction of sp³-hybridized carbons (Fsp3) is 0.556. The van der Waals surface area contributed by atoms with Crippen molar-refractivity contribution < 1.29 is 13.2 Å². The molecule has 8 heteroatoms. The summed E-state index contributed by atoms with van der Waals surface area (Å²) in [6.07, 6.45) is 0.606. The molecular formula is C9H13Cl2NO3S2. The minimum atomic E-state index is -3.43. The average molecular weight is 318 g/mol. The van der Waals surface area contributed by atoms with Gasteiger partial charge in [0.25, 0.3) is 0 Å². The number of thiophene rings is 1. The highest BCUT2D eigenvalue weighted by atomic mass is 35.5. The molecule has 1 heterocycles. The first kappa shape index (κ1) is 15.2. The van der Waals surface area contributed by atoms with E-state index in [0.717, 1.165) is 11.3 Å². The van der Waals surface area contributed by atoms with E-state index in [2.05, 4.69) is 4.72 Å². The van der Waals surface area contributed by atoms with Gasteiger partial charge < -0.3 is 4.74 Å². The van der Waals surface area contributed by atoms with Crippen molar-refractivity contribution in [2.75, 3.05) is 25.6 Å². The average Bonchev–Trinajstić information content (AvgIpc) is 2.71. The fourth-order valence-electron chi connectivity index (χ4n) is 1.05. The predicted molar refractivity (Wildman–Crippen MR) is 70.7 cm³/mol. The molecule has 1 aromatic heterocycles. The Kier molecular flexibility index (Phi) is 6.76. The smallest absolute Gasteiger partial charge is 0.250 e. The fourth-order valence-corrected chi connectivity index (χ4v) is 3.76. The van der Waals surface area contributed by atoms with Crippen LogP contribution in [0.2, 0.25) is 4.34 Å².